The van der Waals surface area contributed by atoms with Crippen LogP contribution in [0.25, 0.3) is 62.6 Å². The van der Waals surface area contributed by atoms with Crippen LogP contribution in [-0.2, 0) is 25.7 Å². The van der Waals surface area contributed by atoms with Crippen molar-refractivity contribution < 1.29 is 0 Å². The highest BCUT2D eigenvalue weighted by atomic mass is 32.1. The fraction of sp³-hybridized carbons (Fsp3) is 0.400. The Balaban J connectivity index is 1.23. The van der Waals surface area contributed by atoms with Crippen LogP contribution in [0, 0.1) is 0 Å². The second kappa shape index (κ2) is 17.6. The summed E-state index contributed by atoms with van der Waals surface area (Å²) in [6.45, 7) is 9.22. The number of fused-ring (bicyclic) bond motifs is 7. The summed E-state index contributed by atoms with van der Waals surface area (Å²) in [6, 6.07) is 34.0. The Bertz CT molecular complexity index is 2100. The van der Waals surface area contributed by atoms with Gasteiger partial charge in [-0.15, -0.1) is 22.7 Å². The summed E-state index contributed by atoms with van der Waals surface area (Å²) in [4.78, 5) is 2.78. The zero-order chi connectivity index (χ0) is 35.9. The monoisotopic (exact) mass is 722 g/mol. The Morgan fingerprint density at radius 2 is 0.673 bits per heavy atom. The standard InChI is InChI=1S/C50H58S2/c1-5-9-13-17-35-21-23-39(31-37(35)19-15-11-7-3)49-33-45-43-25-26-44-42(41(43)27-29-47(45)51-49)28-30-48-46(44)34-50(52-48)40-24-22-36(18-14-10-6-2)38(32-40)20-16-12-8-4/h21-34H,5-20H2,1-4H3. The molecule has 2 heteroatoms. The van der Waals surface area contributed by atoms with Crippen molar-refractivity contribution in [2.75, 3.05) is 0 Å². The average molecular weight is 723 g/mol. The first-order valence-corrected chi connectivity index (χ1v) is 22.3. The van der Waals surface area contributed by atoms with Crippen molar-refractivity contribution in [2.45, 2.75) is 130 Å². The largest absolute Gasteiger partial charge is 0.135 e. The molecule has 0 amide bonds. The lowest BCUT2D eigenvalue weighted by Crippen LogP contribution is -1.96. The average Bonchev–Trinajstić information content (AvgIpc) is 3.81. The molecule has 0 aliphatic rings. The van der Waals surface area contributed by atoms with Gasteiger partial charge in [0.2, 0.25) is 0 Å². The molecule has 7 rings (SSSR count). The molecule has 0 saturated heterocycles. The van der Waals surface area contributed by atoms with E-state index in [4.69, 9.17) is 0 Å². The van der Waals surface area contributed by atoms with Crippen molar-refractivity contribution in [3.05, 3.63) is 107 Å². The second-order valence-electron chi connectivity index (χ2n) is 15.2. The first-order valence-electron chi connectivity index (χ1n) is 20.7. The minimum atomic E-state index is 1.20. The fourth-order valence-electron chi connectivity index (χ4n) is 8.32. The topological polar surface area (TPSA) is 0 Å². The van der Waals surface area contributed by atoms with E-state index >= 15 is 0 Å². The van der Waals surface area contributed by atoms with Gasteiger partial charge in [-0.1, -0.05) is 140 Å². The normalized spacial score (nSPS) is 11.9. The van der Waals surface area contributed by atoms with Gasteiger partial charge in [0.1, 0.15) is 0 Å². The molecule has 0 aliphatic carbocycles. The third kappa shape index (κ3) is 8.04. The highest BCUT2D eigenvalue weighted by molar-refractivity contribution is 7.22. The first kappa shape index (κ1) is 36.9. The maximum absolute atomic E-state index is 2.53. The Morgan fingerprint density at radius 3 is 1.06 bits per heavy atom. The number of rotatable bonds is 18. The first-order chi connectivity index (χ1) is 25.6. The van der Waals surface area contributed by atoms with Crippen LogP contribution in [0.2, 0.25) is 0 Å². The summed E-state index contributed by atoms with van der Waals surface area (Å²) >= 11 is 3.91. The van der Waals surface area contributed by atoms with Gasteiger partial charge in [0.25, 0.3) is 0 Å². The number of aryl methyl sites for hydroxylation is 4. The van der Waals surface area contributed by atoms with Crippen molar-refractivity contribution in [1.82, 2.24) is 0 Å². The Labute approximate surface area is 321 Å². The molecule has 7 aromatic rings. The van der Waals surface area contributed by atoms with Gasteiger partial charge in [0, 0.05) is 29.9 Å². The van der Waals surface area contributed by atoms with Gasteiger partial charge in [0.05, 0.1) is 0 Å². The lowest BCUT2D eigenvalue weighted by molar-refractivity contribution is 0.694. The number of hydrogen-bond acceptors (Lipinski definition) is 2. The van der Waals surface area contributed by atoms with Crippen LogP contribution < -0.4 is 0 Å². The van der Waals surface area contributed by atoms with Crippen LogP contribution in [0.3, 0.4) is 0 Å². The molecular weight excluding hydrogens is 665 g/mol. The Kier molecular flexibility index (Phi) is 12.5. The number of thiophene rings is 2. The molecule has 0 saturated carbocycles. The van der Waals surface area contributed by atoms with E-state index < -0.39 is 0 Å². The van der Waals surface area contributed by atoms with Gasteiger partial charge in [0.15, 0.2) is 0 Å². The van der Waals surface area contributed by atoms with E-state index in [-0.39, 0.29) is 0 Å². The molecule has 0 radical (unpaired) electrons. The summed E-state index contributed by atoms with van der Waals surface area (Å²) in [6.07, 6.45) is 20.4. The van der Waals surface area contributed by atoms with E-state index in [9.17, 15) is 0 Å². The van der Waals surface area contributed by atoms with Crippen LogP contribution >= 0.6 is 22.7 Å². The van der Waals surface area contributed by atoms with E-state index in [0.29, 0.717) is 0 Å². The van der Waals surface area contributed by atoms with E-state index in [1.54, 1.807) is 22.3 Å². The van der Waals surface area contributed by atoms with Crippen LogP contribution in [0.1, 0.15) is 127 Å². The quantitative estimate of drug-likeness (QED) is 0.0611. The minimum absolute atomic E-state index is 1.20. The molecule has 0 nitrogen and oxygen atoms in total. The molecule has 0 N–H and O–H groups in total. The van der Waals surface area contributed by atoms with E-state index in [1.807, 2.05) is 22.7 Å². The third-order valence-corrected chi connectivity index (χ3v) is 13.7. The van der Waals surface area contributed by atoms with Crippen LogP contribution in [0.15, 0.2) is 84.9 Å². The Morgan fingerprint density at radius 1 is 0.327 bits per heavy atom. The van der Waals surface area contributed by atoms with Crippen molar-refractivity contribution in [3.63, 3.8) is 0 Å². The molecule has 52 heavy (non-hydrogen) atoms. The molecule has 2 heterocycles. The lowest BCUT2D eigenvalue weighted by Gasteiger charge is -2.12. The van der Waals surface area contributed by atoms with Gasteiger partial charge in [-0.05, 0) is 131 Å². The maximum atomic E-state index is 2.53. The van der Waals surface area contributed by atoms with E-state index in [2.05, 4.69) is 113 Å². The lowest BCUT2D eigenvalue weighted by atomic mass is 9.94. The zero-order valence-electron chi connectivity index (χ0n) is 32.2. The molecule has 2 aromatic heterocycles. The molecule has 0 atom stereocenters. The molecule has 5 aromatic carbocycles. The van der Waals surface area contributed by atoms with Crippen molar-refractivity contribution in [3.8, 4) is 20.9 Å². The van der Waals surface area contributed by atoms with E-state index in [0.717, 1.165) is 0 Å². The molecular formula is C50H58S2. The maximum Gasteiger partial charge on any atom is 0.0355 e. The molecule has 270 valence electrons. The summed E-state index contributed by atoms with van der Waals surface area (Å²) in [5.74, 6) is 0. The number of hydrogen-bond donors (Lipinski definition) is 0. The van der Waals surface area contributed by atoms with Crippen molar-refractivity contribution in [2.24, 2.45) is 0 Å². The molecule has 0 unspecified atom stereocenters. The smallest absolute Gasteiger partial charge is 0.0355 e. The van der Waals surface area contributed by atoms with Gasteiger partial charge < -0.3 is 0 Å². The Hall–Kier alpha value is -3.46. The summed E-state index contributed by atoms with van der Waals surface area (Å²) in [5, 5.41) is 8.25. The number of unbranched alkanes of at least 4 members (excludes halogenated alkanes) is 8. The second-order valence-corrected chi connectivity index (χ2v) is 17.4. The van der Waals surface area contributed by atoms with Crippen molar-refractivity contribution >= 4 is 64.4 Å². The zero-order valence-corrected chi connectivity index (χ0v) is 33.8. The van der Waals surface area contributed by atoms with Crippen LogP contribution in [-0.4, -0.2) is 0 Å². The highest BCUT2D eigenvalue weighted by Crippen LogP contribution is 2.43. The summed E-state index contributed by atoms with van der Waals surface area (Å²) in [5.41, 5.74) is 9.06. The number of benzene rings is 5. The molecule has 0 aliphatic heterocycles. The van der Waals surface area contributed by atoms with Gasteiger partial charge in [-0.3, -0.25) is 0 Å². The van der Waals surface area contributed by atoms with Crippen LogP contribution in [0.5, 0.6) is 0 Å². The fourth-order valence-corrected chi connectivity index (χ4v) is 10.5. The molecule has 0 fully saturated rings. The predicted octanol–water partition coefficient (Wildman–Crippen LogP) is 16.7. The SMILES string of the molecule is CCCCCc1ccc(-c2cc3c(ccc4c3ccc3c5cc(-c6ccc(CCCCC)c(CCCCC)c6)sc5ccc34)s2)cc1CCCCC. The van der Waals surface area contributed by atoms with Gasteiger partial charge in [-0.25, -0.2) is 0 Å². The molecule has 0 spiro atoms. The van der Waals surface area contributed by atoms with Crippen LogP contribution in [0.4, 0.5) is 0 Å². The highest BCUT2D eigenvalue weighted by Gasteiger charge is 2.15. The van der Waals surface area contributed by atoms with E-state index in [1.165, 1.54) is 165 Å². The predicted molar refractivity (Wildman–Crippen MR) is 236 cm³/mol. The summed E-state index contributed by atoms with van der Waals surface area (Å²) < 4.78 is 2.77. The van der Waals surface area contributed by atoms with Crippen molar-refractivity contribution in [1.29, 1.82) is 0 Å². The summed E-state index contributed by atoms with van der Waals surface area (Å²) in [7, 11) is 0. The van der Waals surface area contributed by atoms with Gasteiger partial charge in [-0.2, -0.15) is 0 Å². The molecule has 0 bridgehead atoms. The van der Waals surface area contributed by atoms with Gasteiger partial charge >= 0.3 is 0 Å². The minimum Gasteiger partial charge on any atom is -0.135 e. The third-order valence-electron chi connectivity index (χ3n) is 11.4.